The maximum atomic E-state index is 12.4. The van der Waals surface area contributed by atoms with Crippen LogP contribution in [0.4, 0.5) is 0 Å². The van der Waals surface area contributed by atoms with Crippen molar-refractivity contribution in [3.8, 4) is 5.75 Å². The lowest BCUT2D eigenvalue weighted by Gasteiger charge is -2.48. The largest absolute Gasteiger partial charge is 0.508 e. The number of Topliss-reactive ketones (excluding diaryl/α,β-unsaturated/α-hetero) is 1. The molecule has 0 amide bonds. The zero-order valence-corrected chi connectivity index (χ0v) is 14.0. The number of benzene rings is 1. The van der Waals surface area contributed by atoms with E-state index < -0.39 is 0 Å². The van der Waals surface area contributed by atoms with Crippen LogP contribution in [0.1, 0.15) is 61.6 Å². The first-order valence-electron chi connectivity index (χ1n) is 8.53. The van der Waals surface area contributed by atoms with Gasteiger partial charge in [-0.1, -0.05) is 13.0 Å². The molecule has 22 heavy (non-hydrogen) atoms. The number of carbonyl (C=O) groups is 1. The summed E-state index contributed by atoms with van der Waals surface area (Å²) >= 11 is 4.35. The van der Waals surface area contributed by atoms with Crippen LogP contribution in [0.25, 0.3) is 0 Å². The van der Waals surface area contributed by atoms with Gasteiger partial charge in [-0.2, -0.15) is 12.6 Å². The zero-order valence-electron chi connectivity index (χ0n) is 13.1. The van der Waals surface area contributed by atoms with Crippen molar-refractivity contribution in [3.63, 3.8) is 0 Å². The van der Waals surface area contributed by atoms with Crippen LogP contribution in [0, 0.1) is 17.3 Å². The van der Waals surface area contributed by atoms with E-state index in [0.29, 0.717) is 35.0 Å². The molecule has 3 aliphatic rings. The van der Waals surface area contributed by atoms with Gasteiger partial charge in [0, 0.05) is 23.2 Å². The van der Waals surface area contributed by atoms with Crippen molar-refractivity contribution in [2.45, 2.75) is 57.1 Å². The number of fused-ring (bicyclic) bond motifs is 5. The fraction of sp³-hybridized carbons (Fsp3) is 0.632. The van der Waals surface area contributed by atoms with Crippen LogP contribution in [0.5, 0.6) is 5.75 Å². The third-order valence-electron chi connectivity index (χ3n) is 6.80. The number of hydrogen-bond acceptors (Lipinski definition) is 3. The Morgan fingerprint density at radius 2 is 2.09 bits per heavy atom. The molecule has 4 atom stereocenters. The number of hydrogen-bond donors (Lipinski definition) is 2. The number of thiol groups is 1. The summed E-state index contributed by atoms with van der Waals surface area (Å²) in [6.45, 7) is 2.22. The minimum atomic E-state index is -0.0536. The average molecular weight is 316 g/mol. The second-order valence-corrected chi connectivity index (χ2v) is 7.99. The normalized spacial score (nSPS) is 36.6. The molecule has 2 fully saturated rings. The molecular weight excluding hydrogens is 292 g/mol. The van der Waals surface area contributed by atoms with Gasteiger partial charge in [-0.25, -0.2) is 0 Å². The number of ketones is 1. The Bertz CT molecular complexity index is 639. The summed E-state index contributed by atoms with van der Waals surface area (Å²) in [5, 5.41) is 10.1. The number of carbonyl (C=O) groups excluding carboxylic acids is 1. The van der Waals surface area contributed by atoms with Gasteiger partial charge in [0.1, 0.15) is 11.5 Å². The molecule has 0 heterocycles. The average Bonchev–Trinajstić information content (AvgIpc) is 2.82. The Morgan fingerprint density at radius 1 is 1.27 bits per heavy atom. The Balaban J connectivity index is 1.74. The molecule has 2 nitrogen and oxygen atoms in total. The molecule has 0 spiro atoms. The van der Waals surface area contributed by atoms with E-state index in [1.165, 1.54) is 17.5 Å². The molecule has 3 aliphatic carbocycles. The van der Waals surface area contributed by atoms with Crippen molar-refractivity contribution in [2.75, 3.05) is 0 Å². The van der Waals surface area contributed by atoms with Crippen molar-refractivity contribution >= 4 is 18.4 Å². The van der Waals surface area contributed by atoms with Gasteiger partial charge in [0.05, 0.1) is 0 Å². The number of rotatable bonds is 1. The monoisotopic (exact) mass is 316 g/mol. The second kappa shape index (κ2) is 5.02. The third-order valence-corrected chi connectivity index (χ3v) is 7.14. The predicted molar refractivity (Wildman–Crippen MR) is 90.4 cm³/mol. The van der Waals surface area contributed by atoms with Gasteiger partial charge in [0.15, 0.2) is 0 Å². The Labute approximate surface area is 137 Å². The van der Waals surface area contributed by atoms with Gasteiger partial charge in [-0.3, -0.25) is 4.79 Å². The summed E-state index contributed by atoms with van der Waals surface area (Å²) in [5.41, 5.74) is 3.64. The molecule has 1 aromatic carbocycles. The van der Waals surface area contributed by atoms with Crippen LogP contribution in [-0.4, -0.2) is 10.9 Å². The second-order valence-electron chi connectivity index (χ2n) is 7.67. The van der Waals surface area contributed by atoms with Crippen molar-refractivity contribution in [3.05, 3.63) is 28.8 Å². The minimum absolute atomic E-state index is 0.0536. The fourth-order valence-electron chi connectivity index (χ4n) is 5.55. The van der Waals surface area contributed by atoms with Crippen LogP contribution in [0.15, 0.2) is 12.1 Å². The summed E-state index contributed by atoms with van der Waals surface area (Å²) in [4.78, 5) is 12.4. The van der Waals surface area contributed by atoms with Gasteiger partial charge in [-0.05, 0) is 67.1 Å². The molecule has 1 aromatic rings. The first kappa shape index (κ1) is 14.6. The Kier molecular flexibility index (Phi) is 3.34. The molecule has 4 rings (SSSR count). The highest BCUT2D eigenvalue weighted by molar-refractivity contribution is 7.79. The van der Waals surface area contributed by atoms with Crippen molar-refractivity contribution in [2.24, 2.45) is 17.3 Å². The molecule has 1 N–H and O–H groups in total. The molecule has 0 bridgehead atoms. The Morgan fingerprint density at radius 3 is 2.86 bits per heavy atom. The van der Waals surface area contributed by atoms with E-state index in [1.54, 1.807) is 0 Å². The topological polar surface area (TPSA) is 37.3 Å². The molecular formula is C19H24O2S. The quantitative estimate of drug-likeness (QED) is 0.760. The predicted octanol–water partition coefficient (Wildman–Crippen LogP) is 4.25. The van der Waals surface area contributed by atoms with E-state index in [-0.39, 0.29) is 5.41 Å². The lowest BCUT2D eigenvalue weighted by atomic mass is 9.55. The Hall–Kier alpha value is -0.960. The number of aryl methyl sites for hydroxylation is 1. The highest BCUT2D eigenvalue weighted by Crippen LogP contribution is 2.59. The molecule has 3 heteroatoms. The van der Waals surface area contributed by atoms with E-state index in [4.69, 9.17) is 0 Å². The lowest BCUT2D eigenvalue weighted by Crippen LogP contribution is -2.42. The van der Waals surface area contributed by atoms with Crippen molar-refractivity contribution < 1.29 is 9.90 Å². The first-order chi connectivity index (χ1) is 10.5. The molecule has 0 saturated heterocycles. The van der Waals surface area contributed by atoms with Crippen LogP contribution in [0.2, 0.25) is 0 Å². The van der Waals surface area contributed by atoms with Crippen LogP contribution in [-0.2, 0) is 17.0 Å². The van der Waals surface area contributed by atoms with Gasteiger partial charge in [0.2, 0.25) is 0 Å². The summed E-state index contributed by atoms with van der Waals surface area (Å²) in [6.07, 6.45) is 6.24. The summed E-state index contributed by atoms with van der Waals surface area (Å²) in [6, 6.07) is 4.15. The summed E-state index contributed by atoms with van der Waals surface area (Å²) in [7, 11) is 0. The highest BCUT2D eigenvalue weighted by Gasteiger charge is 2.54. The standard InChI is InChI=1S/C19H24O2S/c1-19-7-6-13-14(16(19)4-5-18(19)21)3-2-11-9-17(20)12(10-22)8-15(11)13/h8-9,13-14,16,20,22H,2-7,10H2,1H3/t13-,14+,16-,19-/m0/s1. The highest BCUT2D eigenvalue weighted by atomic mass is 32.1. The minimum Gasteiger partial charge on any atom is -0.508 e. The van der Waals surface area contributed by atoms with Gasteiger partial charge in [0.25, 0.3) is 0 Å². The zero-order chi connectivity index (χ0) is 15.5. The maximum Gasteiger partial charge on any atom is 0.139 e. The van der Waals surface area contributed by atoms with E-state index in [0.717, 1.165) is 37.7 Å². The first-order valence-corrected chi connectivity index (χ1v) is 9.16. The van der Waals surface area contributed by atoms with E-state index in [2.05, 4.69) is 25.6 Å². The van der Waals surface area contributed by atoms with E-state index in [9.17, 15) is 9.90 Å². The maximum absolute atomic E-state index is 12.4. The van der Waals surface area contributed by atoms with E-state index in [1.807, 2.05) is 6.07 Å². The third kappa shape index (κ3) is 1.90. The van der Waals surface area contributed by atoms with Crippen molar-refractivity contribution in [1.82, 2.24) is 0 Å². The molecule has 0 unspecified atom stereocenters. The number of phenolic OH excluding ortho intramolecular Hbond substituents is 1. The fourth-order valence-corrected chi connectivity index (χ4v) is 5.81. The summed E-state index contributed by atoms with van der Waals surface area (Å²) in [5.74, 6) is 3.27. The van der Waals surface area contributed by atoms with Crippen LogP contribution < -0.4 is 0 Å². The SMILES string of the molecule is C[C@]12CC[C@@H]3c4cc(CS)c(O)cc4CC[C@H]3[C@@H]1CCC2=O. The molecule has 118 valence electrons. The van der Waals surface area contributed by atoms with Crippen LogP contribution >= 0.6 is 12.6 Å². The molecule has 0 aromatic heterocycles. The lowest BCUT2D eigenvalue weighted by molar-refractivity contribution is -0.129. The molecule has 0 aliphatic heterocycles. The molecule has 0 radical (unpaired) electrons. The number of aromatic hydroxyl groups is 1. The van der Waals surface area contributed by atoms with Gasteiger partial charge < -0.3 is 5.11 Å². The van der Waals surface area contributed by atoms with E-state index >= 15 is 0 Å². The van der Waals surface area contributed by atoms with Crippen molar-refractivity contribution in [1.29, 1.82) is 0 Å². The van der Waals surface area contributed by atoms with Gasteiger partial charge >= 0.3 is 0 Å². The smallest absolute Gasteiger partial charge is 0.139 e. The summed E-state index contributed by atoms with van der Waals surface area (Å²) < 4.78 is 0. The number of phenols is 1. The van der Waals surface area contributed by atoms with Gasteiger partial charge in [-0.15, -0.1) is 0 Å². The molecule has 2 saturated carbocycles. The van der Waals surface area contributed by atoms with Crippen LogP contribution in [0.3, 0.4) is 0 Å².